The van der Waals surface area contributed by atoms with E-state index in [1.165, 1.54) is 0 Å². The van der Waals surface area contributed by atoms with Gasteiger partial charge in [0, 0.05) is 37.0 Å². The predicted octanol–water partition coefficient (Wildman–Crippen LogP) is 1.86. The molecule has 1 aliphatic rings. The van der Waals surface area contributed by atoms with E-state index in [1.54, 1.807) is 24.2 Å². The molecule has 0 spiro atoms. The summed E-state index contributed by atoms with van der Waals surface area (Å²) in [6, 6.07) is 5.68. The monoisotopic (exact) mass is 390 g/mol. The molecule has 146 valence electrons. The van der Waals surface area contributed by atoms with Gasteiger partial charge in [-0.3, -0.25) is 4.79 Å². The van der Waals surface area contributed by atoms with Crippen molar-refractivity contribution in [2.45, 2.75) is 33.7 Å². The minimum absolute atomic E-state index is 0.132. The first-order valence-electron chi connectivity index (χ1n) is 8.99. The fraction of sp³-hybridized carbons (Fsp3) is 0.526. The predicted molar refractivity (Wildman–Crippen MR) is 103 cm³/mol. The Hall–Kier alpha value is -2.22. The zero-order valence-corrected chi connectivity index (χ0v) is 17.0. The Morgan fingerprint density at radius 3 is 2.70 bits per heavy atom. The van der Waals surface area contributed by atoms with Crippen molar-refractivity contribution >= 4 is 15.7 Å². The number of amides is 1. The van der Waals surface area contributed by atoms with E-state index in [2.05, 4.69) is 23.9 Å². The molecule has 1 atom stereocenters. The Morgan fingerprint density at radius 1 is 1.33 bits per heavy atom. The number of hydrogen-bond donors (Lipinski definition) is 0. The lowest BCUT2D eigenvalue weighted by atomic mass is 9.87. The van der Waals surface area contributed by atoms with E-state index in [0.717, 1.165) is 29.8 Å². The lowest BCUT2D eigenvalue weighted by Crippen LogP contribution is -2.41. The van der Waals surface area contributed by atoms with Crippen LogP contribution < -0.4 is 0 Å². The largest absolute Gasteiger partial charge is 0.337 e. The molecule has 0 aliphatic carbocycles. The summed E-state index contributed by atoms with van der Waals surface area (Å²) in [5.74, 6) is -0.0853. The van der Waals surface area contributed by atoms with Gasteiger partial charge < -0.3 is 4.90 Å². The molecule has 0 fully saturated rings. The van der Waals surface area contributed by atoms with Crippen molar-refractivity contribution in [3.8, 4) is 5.82 Å². The maximum atomic E-state index is 12.9. The van der Waals surface area contributed by atoms with Gasteiger partial charge in [0.2, 0.25) is 5.91 Å². The third kappa shape index (κ3) is 4.55. The summed E-state index contributed by atoms with van der Waals surface area (Å²) in [7, 11) is -3.21. The van der Waals surface area contributed by atoms with Gasteiger partial charge in [0.15, 0.2) is 5.82 Å². The van der Waals surface area contributed by atoms with Crippen LogP contribution in [0.2, 0.25) is 0 Å². The molecule has 27 heavy (non-hydrogen) atoms. The Labute approximate surface area is 160 Å². The van der Waals surface area contributed by atoms with E-state index in [1.807, 2.05) is 22.9 Å². The van der Waals surface area contributed by atoms with Gasteiger partial charge in [0.25, 0.3) is 0 Å². The number of fused-ring (bicyclic) bond motifs is 1. The fourth-order valence-electron chi connectivity index (χ4n) is 3.68. The van der Waals surface area contributed by atoms with Crippen LogP contribution in [0.4, 0.5) is 0 Å². The lowest BCUT2D eigenvalue weighted by Gasteiger charge is -2.31. The first kappa shape index (κ1) is 19.5. The summed E-state index contributed by atoms with van der Waals surface area (Å²) in [5, 5.41) is 4.49. The smallest absolute Gasteiger partial charge is 0.226 e. The number of pyridine rings is 1. The molecule has 2 aromatic heterocycles. The molecule has 3 rings (SSSR count). The Balaban J connectivity index is 1.92. The Kier molecular flexibility index (Phi) is 5.12. The van der Waals surface area contributed by atoms with Crippen LogP contribution in [0.25, 0.3) is 5.82 Å². The van der Waals surface area contributed by atoms with Crippen LogP contribution >= 0.6 is 0 Å². The average Bonchev–Trinajstić information content (AvgIpc) is 2.88. The second-order valence-electron chi connectivity index (χ2n) is 8.24. The second kappa shape index (κ2) is 7.07. The van der Waals surface area contributed by atoms with Crippen LogP contribution in [0.5, 0.6) is 0 Å². The molecule has 0 bridgehead atoms. The number of hydrogen-bond acceptors (Lipinski definition) is 5. The van der Waals surface area contributed by atoms with Crippen LogP contribution in [0.3, 0.4) is 0 Å². The van der Waals surface area contributed by atoms with Gasteiger partial charge in [-0.05, 0) is 24.0 Å². The van der Waals surface area contributed by atoms with Gasteiger partial charge >= 0.3 is 0 Å². The normalized spacial score (nSPS) is 17.9. The van der Waals surface area contributed by atoms with Crippen LogP contribution in [-0.2, 0) is 27.6 Å². The minimum Gasteiger partial charge on any atom is -0.337 e. The topological polar surface area (TPSA) is 85.2 Å². The molecule has 0 saturated heterocycles. The molecular weight excluding hydrogens is 364 g/mol. The van der Waals surface area contributed by atoms with Crippen molar-refractivity contribution < 1.29 is 13.2 Å². The molecule has 1 unspecified atom stereocenters. The number of aromatic nitrogens is 3. The van der Waals surface area contributed by atoms with Crippen molar-refractivity contribution in [3.05, 3.63) is 41.9 Å². The Bertz CT molecular complexity index is 935. The van der Waals surface area contributed by atoms with Gasteiger partial charge in [-0.1, -0.05) is 26.8 Å². The lowest BCUT2D eigenvalue weighted by molar-refractivity contribution is -0.136. The van der Waals surface area contributed by atoms with E-state index in [4.69, 9.17) is 0 Å². The number of sulfone groups is 1. The number of carbonyl (C=O) groups excluding carboxylic acids is 1. The van der Waals surface area contributed by atoms with Crippen LogP contribution in [0.15, 0.2) is 30.6 Å². The molecule has 8 heteroatoms. The molecule has 2 aromatic rings. The van der Waals surface area contributed by atoms with Crippen LogP contribution in [0, 0.1) is 11.3 Å². The van der Waals surface area contributed by atoms with Crippen molar-refractivity contribution in [3.63, 3.8) is 0 Å². The van der Waals surface area contributed by atoms with E-state index in [0.29, 0.717) is 13.1 Å². The highest BCUT2D eigenvalue weighted by Gasteiger charge is 2.34. The molecule has 1 aliphatic heterocycles. The maximum absolute atomic E-state index is 12.9. The average molecular weight is 391 g/mol. The fourth-order valence-corrected chi connectivity index (χ4v) is 4.74. The molecule has 7 nitrogen and oxygen atoms in total. The van der Waals surface area contributed by atoms with Gasteiger partial charge in [0.1, 0.15) is 9.84 Å². The van der Waals surface area contributed by atoms with Gasteiger partial charge in [-0.2, -0.15) is 5.10 Å². The van der Waals surface area contributed by atoms with Crippen LogP contribution in [0.1, 0.15) is 32.0 Å². The summed E-state index contributed by atoms with van der Waals surface area (Å²) in [6.45, 7) is 6.90. The number of rotatable bonds is 4. The number of carbonyl (C=O) groups is 1. The first-order valence-corrected chi connectivity index (χ1v) is 11.1. The minimum atomic E-state index is -3.21. The molecule has 3 heterocycles. The highest BCUT2D eigenvalue weighted by Crippen LogP contribution is 2.31. The van der Waals surface area contributed by atoms with Gasteiger partial charge in [-0.15, -0.1) is 0 Å². The van der Waals surface area contributed by atoms with Crippen molar-refractivity contribution in [1.29, 1.82) is 0 Å². The van der Waals surface area contributed by atoms with E-state index >= 15 is 0 Å². The molecule has 0 saturated carbocycles. The summed E-state index contributed by atoms with van der Waals surface area (Å²) in [5.41, 5.74) is 1.86. The summed E-state index contributed by atoms with van der Waals surface area (Å²) in [6.07, 6.45) is 5.43. The van der Waals surface area contributed by atoms with E-state index < -0.39 is 15.8 Å². The first-order chi connectivity index (χ1) is 12.6. The number of nitrogens with zero attached hydrogens (tertiary/aromatic N) is 4. The van der Waals surface area contributed by atoms with Crippen molar-refractivity contribution in [1.82, 2.24) is 19.7 Å². The maximum Gasteiger partial charge on any atom is 0.226 e. The molecule has 0 aromatic carbocycles. The highest BCUT2D eigenvalue weighted by molar-refractivity contribution is 7.90. The Morgan fingerprint density at radius 2 is 2.07 bits per heavy atom. The third-order valence-electron chi connectivity index (χ3n) is 4.73. The third-order valence-corrected chi connectivity index (χ3v) is 5.84. The molecular formula is C19H26N4O3S. The van der Waals surface area contributed by atoms with Crippen molar-refractivity contribution in [2.24, 2.45) is 11.3 Å². The van der Waals surface area contributed by atoms with E-state index in [-0.39, 0.29) is 17.1 Å². The van der Waals surface area contributed by atoms with Gasteiger partial charge in [0.05, 0.1) is 17.6 Å². The van der Waals surface area contributed by atoms with Crippen molar-refractivity contribution in [2.75, 3.05) is 18.6 Å². The zero-order chi connectivity index (χ0) is 19.8. The summed E-state index contributed by atoms with van der Waals surface area (Å²) < 4.78 is 25.0. The quantitative estimate of drug-likeness (QED) is 0.795. The summed E-state index contributed by atoms with van der Waals surface area (Å²) >= 11 is 0. The molecule has 0 N–H and O–H groups in total. The SMILES string of the molecule is CC(CS(C)(=O)=O)C(=O)N1Cc2cnn(-c3ccccn3)c2CC(C)(C)C1. The standard InChI is InChI=1S/C19H26N4O3S/c1-14(12-27(4,25)26)18(24)22-11-15-10-21-23(17-7-5-6-8-20-17)16(15)9-19(2,3)13-22/h5-8,10,14H,9,11-13H2,1-4H3. The molecule has 0 radical (unpaired) electrons. The molecule has 1 amide bonds. The zero-order valence-electron chi connectivity index (χ0n) is 16.2. The second-order valence-corrected chi connectivity index (χ2v) is 10.4. The van der Waals surface area contributed by atoms with Gasteiger partial charge in [-0.25, -0.2) is 18.1 Å². The summed E-state index contributed by atoms with van der Waals surface area (Å²) in [4.78, 5) is 19.1. The van der Waals surface area contributed by atoms with E-state index in [9.17, 15) is 13.2 Å². The van der Waals surface area contributed by atoms with Crippen LogP contribution in [-0.4, -0.2) is 52.5 Å². The highest BCUT2D eigenvalue weighted by atomic mass is 32.2.